The van der Waals surface area contributed by atoms with Gasteiger partial charge in [-0.25, -0.2) is 0 Å². The topological polar surface area (TPSA) is 41.9 Å². The fourth-order valence-electron chi connectivity index (χ4n) is 2.15. The minimum absolute atomic E-state index is 0.321. The summed E-state index contributed by atoms with van der Waals surface area (Å²) >= 11 is 0. The number of hydrogen-bond acceptors (Lipinski definition) is 4. The van der Waals surface area contributed by atoms with Crippen molar-refractivity contribution in [1.82, 2.24) is 4.90 Å². The number of aliphatic hydroxyl groups is 1. The van der Waals surface area contributed by atoms with Gasteiger partial charge in [-0.05, 0) is 26.2 Å². The standard InChI is InChI=1S/C11H21NO3/c1-11(13)3-5-12(6-4-11)8-10-2-7-14-9-15-10/h10,13H,2-9H2,1H3. The molecule has 1 atom stereocenters. The highest BCUT2D eigenvalue weighted by atomic mass is 16.7. The minimum atomic E-state index is -0.451. The third-order valence-electron chi connectivity index (χ3n) is 3.37. The van der Waals surface area contributed by atoms with Crippen LogP contribution in [0.15, 0.2) is 0 Å². The Balaban J connectivity index is 1.71. The lowest BCUT2D eigenvalue weighted by atomic mass is 9.93. The molecule has 2 rings (SSSR count). The predicted octanol–water partition coefficient (Wildman–Crippen LogP) is 0.596. The summed E-state index contributed by atoms with van der Waals surface area (Å²) in [6.45, 7) is 6.13. The molecule has 0 aromatic rings. The zero-order valence-electron chi connectivity index (χ0n) is 9.45. The summed E-state index contributed by atoms with van der Waals surface area (Å²) in [6, 6.07) is 0. The van der Waals surface area contributed by atoms with Crippen LogP contribution in [0.3, 0.4) is 0 Å². The summed E-state index contributed by atoms with van der Waals surface area (Å²) in [5.41, 5.74) is -0.451. The fourth-order valence-corrected chi connectivity index (χ4v) is 2.15. The van der Waals surface area contributed by atoms with Crippen molar-refractivity contribution in [3.8, 4) is 0 Å². The van der Waals surface area contributed by atoms with Gasteiger partial charge in [0.05, 0.1) is 18.3 Å². The summed E-state index contributed by atoms with van der Waals surface area (Å²) in [5, 5.41) is 9.82. The molecule has 0 aromatic heterocycles. The van der Waals surface area contributed by atoms with E-state index in [0.29, 0.717) is 12.9 Å². The Bertz CT molecular complexity index is 192. The lowest BCUT2D eigenvalue weighted by molar-refractivity contribution is -0.147. The van der Waals surface area contributed by atoms with Crippen molar-refractivity contribution in [3.05, 3.63) is 0 Å². The van der Waals surface area contributed by atoms with Gasteiger partial charge in [0.25, 0.3) is 0 Å². The molecule has 0 saturated carbocycles. The van der Waals surface area contributed by atoms with Crippen molar-refractivity contribution in [2.45, 2.75) is 37.9 Å². The van der Waals surface area contributed by atoms with Gasteiger partial charge in [-0.3, -0.25) is 0 Å². The Morgan fingerprint density at radius 2 is 2.13 bits per heavy atom. The lowest BCUT2D eigenvalue weighted by Gasteiger charge is -2.37. The smallest absolute Gasteiger partial charge is 0.147 e. The lowest BCUT2D eigenvalue weighted by Crippen LogP contribution is -2.46. The zero-order chi connectivity index (χ0) is 10.7. The third kappa shape index (κ3) is 3.41. The van der Waals surface area contributed by atoms with Gasteiger partial charge >= 0.3 is 0 Å². The molecule has 4 heteroatoms. The van der Waals surface area contributed by atoms with E-state index in [0.717, 1.165) is 45.5 Å². The summed E-state index contributed by atoms with van der Waals surface area (Å²) in [7, 11) is 0. The molecule has 0 aliphatic carbocycles. The number of piperidine rings is 1. The van der Waals surface area contributed by atoms with E-state index < -0.39 is 5.60 Å². The van der Waals surface area contributed by atoms with Crippen LogP contribution in [-0.4, -0.2) is 54.7 Å². The van der Waals surface area contributed by atoms with Gasteiger partial charge in [0.15, 0.2) is 0 Å². The van der Waals surface area contributed by atoms with Crippen LogP contribution in [0, 0.1) is 0 Å². The van der Waals surface area contributed by atoms with Gasteiger partial charge in [-0.15, -0.1) is 0 Å². The van der Waals surface area contributed by atoms with Gasteiger partial charge in [-0.1, -0.05) is 0 Å². The van der Waals surface area contributed by atoms with Gasteiger partial charge < -0.3 is 19.5 Å². The summed E-state index contributed by atoms with van der Waals surface area (Å²) < 4.78 is 10.6. The number of nitrogens with zero attached hydrogens (tertiary/aromatic N) is 1. The minimum Gasteiger partial charge on any atom is -0.390 e. The molecule has 2 heterocycles. The molecular weight excluding hydrogens is 194 g/mol. The Morgan fingerprint density at radius 3 is 2.73 bits per heavy atom. The summed E-state index contributed by atoms with van der Waals surface area (Å²) in [4.78, 5) is 2.38. The Morgan fingerprint density at radius 1 is 1.40 bits per heavy atom. The van der Waals surface area contributed by atoms with Crippen LogP contribution in [0.2, 0.25) is 0 Å². The van der Waals surface area contributed by atoms with Crippen LogP contribution >= 0.6 is 0 Å². The van der Waals surface area contributed by atoms with Crippen molar-refractivity contribution in [2.24, 2.45) is 0 Å². The largest absolute Gasteiger partial charge is 0.390 e. The predicted molar refractivity (Wildman–Crippen MR) is 56.6 cm³/mol. The van der Waals surface area contributed by atoms with Gasteiger partial charge in [0, 0.05) is 19.6 Å². The van der Waals surface area contributed by atoms with E-state index in [4.69, 9.17) is 9.47 Å². The quantitative estimate of drug-likeness (QED) is 0.732. The molecule has 1 N–H and O–H groups in total. The second-order valence-electron chi connectivity index (χ2n) is 4.90. The van der Waals surface area contributed by atoms with Crippen molar-refractivity contribution in [3.63, 3.8) is 0 Å². The van der Waals surface area contributed by atoms with E-state index >= 15 is 0 Å². The van der Waals surface area contributed by atoms with Crippen molar-refractivity contribution in [1.29, 1.82) is 0 Å². The Hall–Kier alpha value is -0.160. The van der Waals surface area contributed by atoms with E-state index in [9.17, 15) is 5.11 Å². The van der Waals surface area contributed by atoms with Crippen LogP contribution in [0.25, 0.3) is 0 Å². The molecule has 0 amide bonds. The van der Waals surface area contributed by atoms with E-state index in [1.54, 1.807) is 0 Å². The van der Waals surface area contributed by atoms with Gasteiger partial charge in [0.1, 0.15) is 6.79 Å². The fraction of sp³-hybridized carbons (Fsp3) is 1.00. The summed E-state index contributed by atoms with van der Waals surface area (Å²) in [5.74, 6) is 0. The van der Waals surface area contributed by atoms with Gasteiger partial charge in [0.2, 0.25) is 0 Å². The second kappa shape index (κ2) is 4.78. The van der Waals surface area contributed by atoms with E-state index in [1.165, 1.54) is 0 Å². The van der Waals surface area contributed by atoms with Crippen molar-refractivity contribution >= 4 is 0 Å². The number of rotatable bonds is 2. The molecule has 88 valence electrons. The normalized spacial score (nSPS) is 32.8. The molecule has 0 spiro atoms. The molecule has 2 aliphatic rings. The van der Waals surface area contributed by atoms with Crippen LogP contribution < -0.4 is 0 Å². The first-order chi connectivity index (χ1) is 7.16. The molecule has 15 heavy (non-hydrogen) atoms. The molecule has 0 aromatic carbocycles. The first-order valence-electron chi connectivity index (χ1n) is 5.80. The van der Waals surface area contributed by atoms with Crippen LogP contribution in [-0.2, 0) is 9.47 Å². The van der Waals surface area contributed by atoms with Crippen molar-refractivity contribution in [2.75, 3.05) is 33.0 Å². The van der Waals surface area contributed by atoms with E-state index in [-0.39, 0.29) is 0 Å². The number of ether oxygens (including phenoxy) is 2. The van der Waals surface area contributed by atoms with Crippen molar-refractivity contribution < 1.29 is 14.6 Å². The molecule has 2 fully saturated rings. The maximum absolute atomic E-state index is 9.82. The molecular formula is C11H21NO3. The Labute approximate surface area is 91.2 Å². The van der Waals surface area contributed by atoms with Crippen LogP contribution in [0.4, 0.5) is 0 Å². The van der Waals surface area contributed by atoms with Gasteiger partial charge in [-0.2, -0.15) is 0 Å². The highest BCUT2D eigenvalue weighted by Crippen LogP contribution is 2.21. The highest BCUT2D eigenvalue weighted by Gasteiger charge is 2.28. The maximum Gasteiger partial charge on any atom is 0.147 e. The third-order valence-corrected chi connectivity index (χ3v) is 3.37. The Kier molecular flexibility index (Phi) is 3.61. The SMILES string of the molecule is CC1(O)CCN(CC2CCOCO2)CC1. The van der Waals surface area contributed by atoms with E-state index in [2.05, 4.69) is 4.90 Å². The molecule has 4 nitrogen and oxygen atoms in total. The average Bonchev–Trinajstić information content (AvgIpc) is 2.23. The highest BCUT2D eigenvalue weighted by molar-refractivity contribution is 4.82. The summed E-state index contributed by atoms with van der Waals surface area (Å²) in [6.07, 6.45) is 3.06. The van der Waals surface area contributed by atoms with Crippen LogP contribution in [0.5, 0.6) is 0 Å². The first kappa shape index (κ1) is 11.3. The zero-order valence-corrected chi connectivity index (χ0v) is 9.45. The molecule has 2 saturated heterocycles. The molecule has 1 unspecified atom stereocenters. The van der Waals surface area contributed by atoms with Crippen LogP contribution in [0.1, 0.15) is 26.2 Å². The number of hydrogen-bond donors (Lipinski definition) is 1. The second-order valence-corrected chi connectivity index (χ2v) is 4.90. The van der Waals surface area contributed by atoms with E-state index in [1.807, 2.05) is 6.92 Å². The average molecular weight is 215 g/mol. The monoisotopic (exact) mass is 215 g/mol. The molecule has 0 radical (unpaired) electrons. The molecule has 0 bridgehead atoms. The maximum atomic E-state index is 9.82. The molecule has 2 aliphatic heterocycles. The first-order valence-corrected chi connectivity index (χ1v) is 5.80. The number of likely N-dealkylation sites (tertiary alicyclic amines) is 1.